The van der Waals surface area contributed by atoms with E-state index in [1.807, 2.05) is 6.07 Å². The summed E-state index contributed by atoms with van der Waals surface area (Å²) < 4.78 is 0. The number of nitrogens with one attached hydrogen (secondary N) is 1. The molecule has 1 aliphatic carbocycles. The minimum absolute atomic E-state index is 0.235. The molecule has 2 N–H and O–H groups in total. The van der Waals surface area contributed by atoms with Gasteiger partial charge in [0.25, 0.3) is 0 Å². The third kappa shape index (κ3) is 2.99. The maximum atomic E-state index is 9.79. The largest absolute Gasteiger partial charge is 0.508 e. The molecule has 1 aliphatic rings. The number of hydrogen-bond acceptors (Lipinski definition) is 2. The lowest BCUT2D eigenvalue weighted by molar-refractivity contribution is 0.450. The molecule has 0 spiro atoms. The van der Waals surface area contributed by atoms with Gasteiger partial charge in [0.1, 0.15) is 5.75 Å². The van der Waals surface area contributed by atoms with E-state index >= 15 is 0 Å². The lowest BCUT2D eigenvalue weighted by Crippen LogP contribution is -2.20. The van der Waals surface area contributed by atoms with Crippen LogP contribution in [0.15, 0.2) is 18.2 Å². The van der Waals surface area contributed by atoms with Gasteiger partial charge in [0.2, 0.25) is 0 Å². The van der Waals surface area contributed by atoms with Gasteiger partial charge in [-0.25, -0.2) is 0 Å². The summed E-state index contributed by atoms with van der Waals surface area (Å²) in [5.74, 6) is 1.36. The predicted molar refractivity (Wildman–Crippen MR) is 66.6 cm³/mol. The Bertz CT molecular complexity index is 358. The summed E-state index contributed by atoms with van der Waals surface area (Å²) in [6, 6.07) is 6.02. The van der Waals surface area contributed by atoms with Gasteiger partial charge in [-0.3, -0.25) is 0 Å². The van der Waals surface area contributed by atoms with E-state index in [1.54, 1.807) is 6.07 Å². The molecular weight excluding hydrogens is 198 g/mol. The normalized spacial score (nSPS) is 17.4. The molecule has 1 aromatic carbocycles. The van der Waals surface area contributed by atoms with Gasteiger partial charge < -0.3 is 10.4 Å². The molecule has 16 heavy (non-hydrogen) atoms. The second-order valence-corrected chi connectivity index (χ2v) is 4.97. The highest BCUT2D eigenvalue weighted by atomic mass is 16.3. The molecule has 0 aromatic heterocycles. The Labute approximate surface area is 97.7 Å². The first-order valence-corrected chi connectivity index (χ1v) is 6.19. The van der Waals surface area contributed by atoms with Crippen LogP contribution in [0.25, 0.3) is 0 Å². The van der Waals surface area contributed by atoms with Gasteiger partial charge in [0.15, 0.2) is 0 Å². The summed E-state index contributed by atoms with van der Waals surface area (Å²) in [7, 11) is 0. The molecule has 0 aliphatic heterocycles. The summed E-state index contributed by atoms with van der Waals surface area (Å²) >= 11 is 0. The zero-order valence-corrected chi connectivity index (χ0v) is 10.2. The summed E-state index contributed by atoms with van der Waals surface area (Å²) in [6.45, 7) is 5.22. The van der Waals surface area contributed by atoms with Crippen LogP contribution in [0, 0.1) is 12.8 Å². The van der Waals surface area contributed by atoms with Gasteiger partial charge in [0.05, 0.1) is 0 Å². The van der Waals surface area contributed by atoms with Crippen LogP contribution in [-0.4, -0.2) is 11.7 Å². The van der Waals surface area contributed by atoms with Crippen LogP contribution in [0.4, 0.5) is 0 Å². The summed E-state index contributed by atoms with van der Waals surface area (Å²) in [6.07, 6.45) is 4.09. The molecule has 2 nitrogen and oxygen atoms in total. The van der Waals surface area contributed by atoms with E-state index in [-0.39, 0.29) is 6.04 Å². The molecule has 0 saturated heterocycles. The fourth-order valence-electron chi connectivity index (χ4n) is 2.04. The van der Waals surface area contributed by atoms with Gasteiger partial charge in [0, 0.05) is 11.6 Å². The number of aromatic hydroxyl groups is 1. The Kier molecular flexibility index (Phi) is 3.49. The Morgan fingerprint density at radius 2 is 2.19 bits per heavy atom. The highest BCUT2D eigenvalue weighted by Crippen LogP contribution is 2.32. The Morgan fingerprint density at radius 1 is 1.44 bits per heavy atom. The smallest absolute Gasteiger partial charge is 0.120 e. The number of phenolic OH excluding ortho intramolecular Hbond substituents is 1. The average molecular weight is 219 g/mol. The van der Waals surface area contributed by atoms with Crippen LogP contribution < -0.4 is 5.32 Å². The van der Waals surface area contributed by atoms with Crippen molar-refractivity contribution in [1.82, 2.24) is 5.32 Å². The van der Waals surface area contributed by atoms with Crippen molar-refractivity contribution in [3.8, 4) is 5.75 Å². The first-order chi connectivity index (χ1) is 7.66. The van der Waals surface area contributed by atoms with E-state index in [9.17, 15) is 5.11 Å². The minimum Gasteiger partial charge on any atom is -0.508 e. The van der Waals surface area contributed by atoms with Crippen molar-refractivity contribution in [2.75, 3.05) is 6.54 Å². The van der Waals surface area contributed by atoms with Crippen LogP contribution in [-0.2, 0) is 0 Å². The molecule has 0 heterocycles. The highest BCUT2D eigenvalue weighted by Gasteiger charge is 2.20. The van der Waals surface area contributed by atoms with Crippen LogP contribution in [0.5, 0.6) is 5.75 Å². The molecule has 0 radical (unpaired) electrons. The Hall–Kier alpha value is -1.02. The van der Waals surface area contributed by atoms with Crippen molar-refractivity contribution in [3.05, 3.63) is 29.3 Å². The maximum absolute atomic E-state index is 9.79. The first kappa shape index (κ1) is 11.5. The Balaban J connectivity index is 1.90. The third-order valence-corrected chi connectivity index (χ3v) is 3.35. The van der Waals surface area contributed by atoms with E-state index in [0.717, 1.165) is 18.0 Å². The molecule has 0 amide bonds. The molecule has 0 bridgehead atoms. The van der Waals surface area contributed by atoms with Gasteiger partial charge in [-0.05, 0) is 38.8 Å². The van der Waals surface area contributed by atoms with Crippen molar-refractivity contribution in [3.63, 3.8) is 0 Å². The molecule has 1 unspecified atom stereocenters. The van der Waals surface area contributed by atoms with Crippen LogP contribution >= 0.6 is 0 Å². The van der Waals surface area contributed by atoms with E-state index in [2.05, 4.69) is 25.2 Å². The fraction of sp³-hybridized carbons (Fsp3) is 0.571. The van der Waals surface area contributed by atoms with Crippen molar-refractivity contribution in [2.45, 2.75) is 39.2 Å². The molecule has 88 valence electrons. The van der Waals surface area contributed by atoms with E-state index in [0.29, 0.717) is 5.75 Å². The third-order valence-electron chi connectivity index (χ3n) is 3.35. The maximum Gasteiger partial charge on any atom is 0.120 e. The van der Waals surface area contributed by atoms with Crippen molar-refractivity contribution < 1.29 is 5.11 Å². The van der Waals surface area contributed by atoms with Crippen molar-refractivity contribution >= 4 is 0 Å². The Morgan fingerprint density at radius 3 is 2.88 bits per heavy atom. The monoisotopic (exact) mass is 219 g/mol. The predicted octanol–water partition coefficient (Wildman–Crippen LogP) is 3.15. The number of benzene rings is 1. The van der Waals surface area contributed by atoms with E-state index in [1.165, 1.54) is 24.8 Å². The molecule has 2 heteroatoms. The molecular formula is C14H21NO. The van der Waals surface area contributed by atoms with Crippen molar-refractivity contribution in [1.29, 1.82) is 0 Å². The zero-order chi connectivity index (χ0) is 11.5. The standard InChI is InChI=1S/C14H21NO/c1-10-3-6-14(16)13(9-10)11(2)15-8-7-12-4-5-12/h3,6,9,11-12,15-16H,4-5,7-8H2,1-2H3. The first-order valence-electron chi connectivity index (χ1n) is 6.19. The summed E-state index contributed by atoms with van der Waals surface area (Å²) in [5.41, 5.74) is 2.21. The minimum atomic E-state index is 0.235. The van der Waals surface area contributed by atoms with Crippen LogP contribution in [0.2, 0.25) is 0 Å². The van der Waals surface area contributed by atoms with Gasteiger partial charge in [-0.1, -0.05) is 30.5 Å². The quantitative estimate of drug-likeness (QED) is 0.797. The number of aryl methyl sites for hydroxylation is 1. The molecule has 1 fully saturated rings. The van der Waals surface area contributed by atoms with Gasteiger partial charge >= 0.3 is 0 Å². The van der Waals surface area contributed by atoms with Gasteiger partial charge in [-0.2, -0.15) is 0 Å². The zero-order valence-electron chi connectivity index (χ0n) is 10.2. The van der Waals surface area contributed by atoms with E-state index < -0.39 is 0 Å². The van der Waals surface area contributed by atoms with Crippen LogP contribution in [0.3, 0.4) is 0 Å². The topological polar surface area (TPSA) is 32.3 Å². The molecule has 1 aromatic rings. The molecule has 2 rings (SSSR count). The number of rotatable bonds is 5. The second kappa shape index (κ2) is 4.88. The van der Waals surface area contributed by atoms with E-state index in [4.69, 9.17) is 0 Å². The molecule has 1 saturated carbocycles. The highest BCUT2D eigenvalue weighted by molar-refractivity contribution is 5.37. The lowest BCUT2D eigenvalue weighted by atomic mass is 10.0. The van der Waals surface area contributed by atoms with Crippen LogP contribution in [0.1, 0.15) is 43.4 Å². The van der Waals surface area contributed by atoms with Crippen molar-refractivity contribution in [2.24, 2.45) is 5.92 Å². The fourth-order valence-corrected chi connectivity index (χ4v) is 2.04. The summed E-state index contributed by atoms with van der Waals surface area (Å²) in [4.78, 5) is 0. The average Bonchev–Trinajstić information content (AvgIpc) is 3.05. The number of phenols is 1. The number of hydrogen-bond donors (Lipinski definition) is 2. The molecule has 1 atom stereocenters. The SMILES string of the molecule is Cc1ccc(O)c(C(C)NCCC2CC2)c1. The van der Waals surface area contributed by atoms with Gasteiger partial charge in [-0.15, -0.1) is 0 Å². The second-order valence-electron chi connectivity index (χ2n) is 4.97. The lowest BCUT2D eigenvalue weighted by Gasteiger charge is -2.16. The summed E-state index contributed by atoms with van der Waals surface area (Å²) in [5, 5.41) is 13.3.